The highest BCUT2D eigenvalue weighted by Crippen LogP contribution is 1.92. The molecule has 0 aliphatic heterocycles. The number of hydrogen-bond donors (Lipinski definition) is 2. The summed E-state index contributed by atoms with van der Waals surface area (Å²) < 4.78 is 0. The minimum Gasteiger partial charge on any atom is -0.347 e. The maximum Gasteiger partial charge on any atom is 0.0922 e. The number of H-pyrrole nitrogens is 1. The minimum absolute atomic E-state index is 0.486. The van der Waals surface area contributed by atoms with Gasteiger partial charge in [-0.1, -0.05) is 0 Å². The summed E-state index contributed by atoms with van der Waals surface area (Å²) in [4.78, 5) is 6.64. The molecule has 0 spiro atoms. The van der Waals surface area contributed by atoms with Crippen molar-refractivity contribution in [3.63, 3.8) is 0 Å². The second-order valence-electron chi connectivity index (χ2n) is 1.89. The summed E-state index contributed by atoms with van der Waals surface area (Å²) in [6, 6.07) is 0. The topological polar surface area (TPSA) is 52.1 Å². The second-order valence-corrected chi connectivity index (χ2v) is 1.89. The first kappa shape index (κ1) is 6.25. The van der Waals surface area contributed by atoms with Crippen molar-refractivity contribution in [2.45, 2.75) is 6.54 Å². The van der Waals surface area contributed by atoms with Crippen LogP contribution in [0.2, 0.25) is 0 Å². The van der Waals surface area contributed by atoms with Crippen molar-refractivity contribution in [2.24, 2.45) is 0 Å². The largest absolute Gasteiger partial charge is 0.347 e. The molecule has 1 heterocycles. The van der Waals surface area contributed by atoms with Crippen LogP contribution in [0.4, 0.5) is 0 Å². The molecular formula is C5H9N3O. The molecule has 0 amide bonds. The van der Waals surface area contributed by atoms with Crippen molar-refractivity contribution >= 4 is 0 Å². The van der Waals surface area contributed by atoms with Gasteiger partial charge in [0, 0.05) is 13.2 Å². The molecule has 1 aromatic rings. The summed E-state index contributed by atoms with van der Waals surface area (Å²) in [6.45, 7) is 0.486. The first-order valence-corrected chi connectivity index (χ1v) is 2.66. The van der Waals surface area contributed by atoms with Crippen LogP contribution in [-0.4, -0.2) is 27.3 Å². The summed E-state index contributed by atoms with van der Waals surface area (Å²) >= 11 is 0. The van der Waals surface area contributed by atoms with E-state index in [4.69, 9.17) is 5.21 Å². The van der Waals surface area contributed by atoms with Gasteiger partial charge in [0.2, 0.25) is 0 Å². The molecule has 1 aromatic heterocycles. The van der Waals surface area contributed by atoms with Crippen LogP contribution >= 0.6 is 0 Å². The Morgan fingerprint density at radius 2 is 2.67 bits per heavy atom. The van der Waals surface area contributed by atoms with Gasteiger partial charge in [-0.15, -0.1) is 0 Å². The molecule has 0 atom stereocenters. The molecule has 0 saturated carbocycles. The Bertz CT molecular complexity index is 159. The van der Waals surface area contributed by atoms with Gasteiger partial charge in [0.1, 0.15) is 0 Å². The first-order valence-electron chi connectivity index (χ1n) is 2.66. The van der Waals surface area contributed by atoms with Gasteiger partial charge in [0.05, 0.1) is 18.6 Å². The minimum atomic E-state index is 0.486. The number of aromatic amines is 1. The molecule has 0 radical (unpaired) electrons. The summed E-state index contributed by atoms with van der Waals surface area (Å²) in [6.07, 6.45) is 3.26. The van der Waals surface area contributed by atoms with Crippen LogP contribution in [0.25, 0.3) is 0 Å². The van der Waals surface area contributed by atoms with Crippen molar-refractivity contribution in [2.75, 3.05) is 7.05 Å². The van der Waals surface area contributed by atoms with Crippen molar-refractivity contribution in [3.05, 3.63) is 18.2 Å². The Balaban J connectivity index is 2.48. The lowest BCUT2D eigenvalue weighted by Gasteiger charge is -2.03. The Kier molecular flexibility index (Phi) is 1.81. The quantitative estimate of drug-likeness (QED) is 0.559. The third kappa shape index (κ3) is 1.83. The number of nitrogens with zero attached hydrogens (tertiary/aromatic N) is 2. The molecule has 2 N–H and O–H groups in total. The smallest absolute Gasteiger partial charge is 0.0922 e. The molecule has 0 aliphatic carbocycles. The van der Waals surface area contributed by atoms with Crippen LogP contribution < -0.4 is 0 Å². The molecular weight excluding hydrogens is 118 g/mol. The van der Waals surface area contributed by atoms with E-state index in [0.717, 1.165) is 10.8 Å². The molecule has 1 rings (SSSR count). The van der Waals surface area contributed by atoms with E-state index in [0.29, 0.717) is 6.54 Å². The molecule has 0 aliphatic rings. The molecule has 0 fully saturated rings. The van der Waals surface area contributed by atoms with E-state index in [-0.39, 0.29) is 0 Å². The zero-order chi connectivity index (χ0) is 6.69. The molecule has 50 valence electrons. The fraction of sp³-hybridized carbons (Fsp3) is 0.400. The SMILES string of the molecule is CN(O)Cc1cnc[nH]1. The van der Waals surface area contributed by atoms with Gasteiger partial charge in [-0.3, -0.25) is 0 Å². The Hall–Kier alpha value is -0.870. The number of imidazole rings is 1. The zero-order valence-electron chi connectivity index (χ0n) is 5.20. The highest BCUT2D eigenvalue weighted by Gasteiger charge is 1.94. The van der Waals surface area contributed by atoms with Gasteiger partial charge in [-0.05, 0) is 0 Å². The fourth-order valence-electron chi connectivity index (χ4n) is 0.618. The van der Waals surface area contributed by atoms with E-state index < -0.39 is 0 Å². The van der Waals surface area contributed by atoms with Crippen LogP contribution in [-0.2, 0) is 6.54 Å². The average Bonchev–Trinajstić information content (AvgIpc) is 2.15. The van der Waals surface area contributed by atoms with E-state index >= 15 is 0 Å². The van der Waals surface area contributed by atoms with E-state index in [1.165, 1.54) is 0 Å². The van der Waals surface area contributed by atoms with E-state index in [1.54, 1.807) is 19.6 Å². The van der Waals surface area contributed by atoms with Gasteiger partial charge in [0.15, 0.2) is 0 Å². The number of rotatable bonds is 2. The molecule has 0 unspecified atom stereocenters. The molecule has 4 nitrogen and oxygen atoms in total. The van der Waals surface area contributed by atoms with Gasteiger partial charge in [-0.25, -0.2) is 4.98 Å². The van der Waals surface area contributed by atoms with E-state index in [9.17, 15) is 0 Å². The predicted octanol–water partition coefficient (Wildman–Crippen LogP) is 0.231. The van der Waals surface area contributed by atoms with E-state index in [2.05, 4.69) is 9.97 Å². The van der Waals surface area contributed by atoms with Gasteiger partial charge < -0.3 is 10.2 Å². The maximum atomic E-state index is 8.71. The van der Waals surface area contributed by atoms with Crippen LogP contribution in [0.1, 0.15) is 5.69 Å². The Labute approximate surface area is 53.1 Å². The molecule has 0 aromatic carbocycles. The normalized spacial score (nSPS) is 10.6. The average molecular weight is 127 g/mol. The third-order valence-corrected chi connectivity index (χ3v) is 0.954. The Morgan fingerprint density at radius 1 is 1.89 bits per heavy atom. The van der Waals surface area contributed by atoms with Gasteiger partial charge >= 0.3 is 0 Å². The van der Waals surface area contributed by atoms with Crippen molar-refractivity contribution < 1.29 is 5.21 Å². The van der Waals surface area contributed by atoms with Crippen LogP contribution in [0.15, 0.2) is 12.5 Å². The van der Waals surface area contributed by atoms with E-state index in [1.807, 2.05) is 0 Å². The van der Waals surface area contributed by atoms with Crippen molar-refractivity contribution in [1.29, 1.82) is 0 Å². The second kappa shape index (κ2) is 2.61. The molecule has 0 saturated heterocycles. The number of nitrogens with one attached hydrogen (secondary N) is 1. The third-order valence-electron chi connectivity index (χ3n) is 0.954. The van der Waals surface area contributed by atoms with Gasteiger partial charge in [-0.2, -0.15) is 5.06 Å². The monoisotopic (exact) mass is 127 g/mol. The number of hydrogen-bond acceptors (Lipinski definition) is 3. The summed E-state index contributed by atoms with van der Waals surface area (Å²) in [5, 5.41) is 9.80. The lowest BCUT2D eigenvalue weighted by Crippen LogP contribution is -2.11. The summed E-state index contributed by atoms with van der Waals surface area (Å²) in [7, 11) is 1.58. The standard InChI is InChI=1S/C5H9N3O/c1-8(9)3-5-2-6-4-7-5/h2,4,9H,3H2,1H3,(H,6,7). The van der Waals surface area contributed by atoms with Gasteiger partial charge in [0.25, 0.3) is 0 Å². The number of hydroxylamine groups is 2. The molecule has 0 bridgehead atoms. The van der Waals surface area contributed by atoms with Crippen LogP contribution in [0.5, 0.6) is 0 Å². The predicted molar refractivity (Wildman–Crippen MR) is 31.8 cm³/mol. The van der Waals surface area contributed by atoms with Crippen LogP contribution in [0, 0.1) is 0 Å². The summed E-state index contributed by atoms with van der Waals surface area (Å²) in [5.41, 5.74) is 0.903. The molecule has 4 heteroatoms. The first-order chi connectivity index (χ1) is 4.29. The number of aromatic nitrogens is 2. The maximum absolute atomic E-state index is 8.71. The van der Waals surface area contributed by atoms with Crippen molar-refractivity contribution in [3.8, 4) is 0 Å². The zero-order valence-corrected chi connectivity index (χ0v) is 5.20. The lowest BCUT2D eigenvalue weighted by atomic mass is 10.5. The Morgan fingerprint density at radius 3 is 3.11 bits per heavy atom. The van der Waals surface area contributed by atoms with Crippen LogP contribution in [0.3, 0.4) is 0 Å². The lowest BCUT2D eigenvalue weighted by molar-refractivity contribution is -0.0739. The molecule has 9 heavy (non-hydrogen) atoms. The fourth-order valence-corrected chi connectivity index (χ4v) is 0.618. The summed E-state index contributed by atoms with van der Waals surface area (Å²) in [5.74, 6) is 0. The highest BCUT2D eigenvalue weighted by molar-refractivity contribution is 4.92. The van der Waals surface area contributed by atoms with Crippen molar-refractivity contribution in [1.82, 2.24) is 15.0 Å². The highest BCUT2D eigenvalue weighted by atomic mass is 16.5.